The van der Waals surface area contributed by atoms with Gasteiger partial charge in [-0.15, -0.1) is 0 Å². The van der Waals surface area contributed by atoms with Gasteiger partial charge in [-0.1, -0.05) is 32.9 Å². The van der Waals surface area contributed by atoms with Gasteiger partial charge >= 0.3 is 0 Å². The van der Waals surface area contributed by atoms with Crippen molar-refractivity contribution < 1.29 is 0 Å². The Hall–Kier alpha value is -2.45. The molecule has 0 saturated heterocycles. The number of benzene rings is 1. The predicted octanol–water partition coefficient (Wildman–Crippen LogP) is 3.28. The first kappa shape index (κ1) is 18.9. The summed E-state index contributed by atoms with van der Waals surface area (Å²) in [6.45, 7) is 11.6. The maximum absolute atomic E-state index is 12.2. The third-order valence-electron chi connectivity index (χ3n) is 4.15. The largest absolute Gasteiger partial charge is 0.278 e. The van der Waals surface area contributed by atoms with E-state index in [1.54, 1.807) is 12.1 Å². The lowest BCUT2D eigenvalue weighted by atomic mass is 9.92. The predicted molar refractivity (Wildman–Crippen MR) is 99.0 cm³/mol. The minimum Gasteiger partial charge on any atom is -0.278 e. The van der Waals surface area contributed by atoms with Gasteiger partial charge in [0.1, 0.15) is 0 Å². The van der Waals surface area contributed by atoms with Crippen molar-refractivity contribution >= 4 is 0 Å². The van der Waals surface area contributed by atoms with Crippen molar-refractivity contribution in [2.24, 2.45) is 0 Å². The van der Waals surface area contributed by atoms with Crippen molar-refractivity contribution in [1.29, 1.82) is 5.26 Å². The molecule has 0 aliphatic heterocycles. The standard InChI is InChI=1S/C20H26N4O/c1-15(2)23(13-17-8-6-16(12-21)7-9-17)14-24-19(25)11-10-18(22-24)20(3,4)5/h6-11,15H,13-14H2,1-5H3. The minimum absolute atomic E-state index is 0.0986. The molecule has 0 unspecified atom stereocenters. The number of nitrogens with zero attached hydrogens (tertiary/aromatic N) is 4. The van der Waals surface area contributed by atoms with Crippen molar-refractivity contribution in [3.63, 3.8) is 0 Å². The number of aromatic nitrogens is 2. The van der Waals surface area contributed by atoms with E-state index < -0.39 is 0 Å². The third-order valence-corrected chi connectivity index (χ3v) is 4.15. The molecule has 5 heteroatoms. The summed E-state index contributed by atoms with van der Waals surface area (Å²) in [5, 5.41) is 13.5. The molecule has 0 radical (unpaired) electrons. The van der Waals surface area contributed by atoms with Crippen molar-refractivity contribution in [1.82, 2.24) is 14.7 Å². The van der Waals surface area contributed by atoms with Crippen molar-refractivity contribution in [2.45, 2.75) is 59.3 Å². The first-order valence-corrected chi connectivity index (χ1v) is 8.52. The molecule has 5 nitrogen and oxygen atoms in total. The summed E-state index contributed by atoms with van der Waals surface area (Å²) in [6.07, 6.45) is 0. The summed E-state index contributed by atoms with van der Waals surface area (Å²) < 4.78 is 1.53. The van der Waals surface area contributed by atoms with Crippen LogP contribution in [0.1, 0.15) is 51.4 Å². The Kier molecular flexibility index (Phi) is 5.76. The molecule has 1 heterocycles. The molecule has 0 amide bonds. The van der Waals surface area contributed by atoms with Crippen LogP contribution in [0.3, 0.4) is 0 Å². The molecular formula is C20H26N4O. The zero-order valence-electron chi connectivity index (χ0n) is 15.7. The lowest BCUT2D eigenvalue weighted by molar-refractivity contribution is 0.149. The summed E-state index contributed by atoms with van der Waals surface area (Å²) in [5.74, 6) is 0. The zero-order valence-corrected chi connectivity index (χ0v) is 15.7. The van der Waals surface area contributed by atoms with E-state index >= 15 is 0 Å². The maximum Gasteiger partial charge on any atom is 0.267 e. The first-order chi connectivity index (χ1) is 11.7. The van der Waals surface area contributed by atoms with E-state index in [0.717, 1.165) is 11.3 Å². The van der Waals surface area contributed by atoms with E-state index in [4.69, 9.17) is 5.26 Å². The van der Waals surface area contributed by atoms with Gasteiger partial charge < -0.3 is 0 Å². The van der Waals surface area contributed by atoms with E-state index in [2.05, 4.69) is 50.7 Å². The Bertz CT molecular complexity index is 807. The summed E-state index contributed by atoms with van der Waals surface area (Å²) in [6, 6.07) is 13.3. The summed E-state index contributed by atoms with van der Waals surface area (Å²) >= 11 is 0. The molecule has 132 valence electrons. The van der Waals surface area contributed by atoms with Gasteiger partial charge in [0.2, 0.25) is 0 Å². The van der Waals surface area contributed by atoms with E-state index in [9.17, 15) is 4.79 Å². The molecule has 0 atom stereocenters. The summed E-state index contributed by atoms with van der Waals surface area (Å²) in [5.41, 5.74) is 2.45. The minimum atomic E-state index is -0.106. The van der Waals surface area contributed by atoms with E-state index in [-0.39, 0.29) is 17.0 Å². The van der Waals surface area contributed by atoms with Gasteiger partial charge in [-0.05, 0) is 37.6 Å². The molecule has 0 saturated carbocycles. The lowest BCUT2D eigenvalue weighted by Crippen LogP contribution is -2.38. The first-order valence-electron chi connectivity index (χ1n) is 8.52. The SMILES string of the molecule is CC(C)N(Cc1ccc(C#N)cc1)Cn1nc(C(C)(C)C)ccc1=O. The summed E-state index contributed by atoms with van der Waals surface area (Å²) in [7, 11) is 0. The van der Waals surface area contributed by atoms with E-state index in [0.29, 0.717) is 18.8 Å². The number of nitriles is 1. The highest BCUT2D eigenvalue weighted by molar-refractivity contribution is 5.31. The fourth-order valence-electron chi connectivity index (χ4n) is 2.44. The van der Waals surface area contributed by atoms with Crippen molar-refractivity contribution in [3.05, 3.63) is 63.6 Å². The van der Waals surface area contributed by atoms with E-state index in [1.165, 1.54) is 4.68 Å². The molecule has 0 N–H and O–H groups in total. The molecule has 0 aliphatic carbocycles. The van der Waals surface area contributed by atoms with E-state index in [1.807, 2.05) is 24.3 Å². The third kappa shape index (κ3) is 5.01. The highest BCUT2D eigenvalue weighted by Crippen LogP contribution is 2.18. The summed E-state index contributed by atoms with van der Waals surface area (Å²) in [4.78, 5) is 14.4. The van der Waals surface area contributed by atoms with Gasteiger partial charge in [-0.3, -0.25) is 9.69 Å². The molecule has 1 aromatic carbocycles. The van der Waals surface area contributed by atoms with Crippen LogP contribution in [0.2, 0.25) is 0 Å². The van der Waals surface area contributed by atoms with Gasteiger partial charge in [0.25, 0.3) is 5.56 Å². The normalized spacial score (nSPS) is 11.8. The smallest absolute Gasteiger partial charge is 0.267 e. The molecule has 0 fully saturated rings. The lowest BCUT2D eigenvalue weighted by Gasteiger charge is -2.27. The van der Waals surface area contributed by atoms with Crippen molar-refractivity contribution in [2.75, 3.05) is 0 Å². The Morgan fingerprint density at radius 1 is 1.16 bits per heavy atom. The Balaban J connectivity index is 2.24. The van der Waals surface area contributed by atoms with Crippen LogP contribution in [0, 0.1) is 11.3 Å². The van der Waals surface area contributed by atoms with Crippen molar-refractivity contribution in [3.8, 4) is 6.07 Å². The average molecular weight is 338 g/mol. The van der Waals surface area contributed by atoms with Gasteiger partial charge in [0.05, 0.1) is 24.0 Å². The number of rotatable bonds is 5. The van der Waals surface area contributed by atoms with Gasteiger partial charge in [0, 0.05) is 24.1 Å². The average Bonchev–Trinajstić information content (AvgIpc) is 2.55. The molecule has 0 aliphatic rings. The molecule has 2 aromatic rings. The fourth-order valence-corrected chi connectivity index (χ4v) is 2.44. The Labute approximate surface area is 149 Å². The topological polar surface area (TPSA) is 61.9 Å². The van der Waals surface area contributed by atoms with Gasteiger partial charge in [-0.25, -0.2) is 4.68 Å². The van der Waals surface area contributed by atoms with Crippen LogP contribution in [-0.2, 0) is 18.6 Å². The maximum atomic E-state index is 12.2. The zero-order chi connectivity index (χ0) is 18.6. The van der Waals surface area contributed by atoms with Crippen LogP contribution in [0.25, 0.3) is 0 Å². The van der Waals surface area contributed by atoms with Crippen LogP contribution in [0.5, 0.6) is 0 Å². The highest BCUT2D eigenvalue weighted by atomic mass is 16.1. The molecule has 0 spiro atoms. The highest BCUT2D eigenvalue weighted by Gasteiger charge is 2.18. The molecule has 25 heavy (non-hydrogen) atoms. The number of hydrogen-bond donors (Lipinski definition) is 0. The second-order valence-corrected chi connectivity index (χ2v) is 7.60. The Morgan fingerprint density at radius 2 is 1.80 bits per heavy atom. The molecule has 1 aromatic heterocycles. The molecular weight excluding hydrogens is 312 g/mol. The van der Waals surface area contributed by atoms with Crippen LogP contribution in [0.4, 0.5) is 0 Å². The van der Waals surface area contributed by atoms with Crippen LogP contribution in [0.15, 0.2) is 41.2 Å². The molecule has 2 rings (SSSR count). The van der Waals surface area contributed by atoms with Crippen LogP contribution >= 0.6 is 0 Å². The van der Waals surface area contributed by atoms with Crippen LogP contribution < -0.4 is 5.56 Å². The van der Waals surface area contributed by atoms with Gasteiger partial charge in [-0.2, -0.15) is 10.4 Å². The van der Waals surface area contributed by atoms with Gasteiger partial charge in [0.15, 0.2) is 0 Å². The monoisotopic (exact) mass is 338 g/mol. The number of hydrogen-bond acceptors (Lipinski definition) is 4. The molecule has 0 bridgehead atoms. The Morgan fingerprint density at radius 3 is 2.32 bits per heavy atom. The second-order valence-electron chi connectivity index (χ2n) is 7.60. The fraction of sp³-hybridized carbons (Fsp3) is 0.450. The van der Waals surface area contributed by atoms with Crippen LogP contribution in [-0.4, -0.2) is 20.7 Å². The second kappa shape index (κ2) is 7.62. The quantitative estimate of drug-likeness (QED) is 0.839.